The average molecular weight is 275 g/mol. The first kappa shape index (κ1) is 8.94. The second-order valence-corrected chi connectivity index (χ2v) is 0.245. The minimum absolute atomic E-state index is 0. The molecule has 2 nitrogen and oxygen atoms in total. The predicted molar refractivity (Wildman–Crippen MR) is 18.6 cm³/mol. The molecule has 0 saturated carbocycles. The van der Waals surface area contributed by atoms with Crippen LogP contribution in [-0.2, 0) is 0 Å². The number of hydrogen-bond donors (Lipinski definition) is 2. The predicted octanol–water partition coefficient (Wildman–Crippen LogP) is 0.285. The Labute approximate surface area is 47.8 Å². The third-order valence-corrected chi connectivity index (χ3v) is 0. The molecule has 0 amide bonds. The minimum Gasteiger partial charge on any atom is -0.307 e. The van der Waals surface area contributed by atoms with E-state index in [1.54, 1.807) is 0 Å². The molecule has 25 valence electrons. The van der Waals surface area contributed by atoms with Crippen molar-refractivity contribution in [2.45, 2.75) is 0 Å². The minimum atomic E-state index is -0.250. The summed E-state index contributed by atoms with van der Waals surface area (Å²) in [6, 6.07) is 0. The molecule has 0 atom stereocenters. The van der Waals surface area contributed by atoms with Crippen LogP contribution in [0.5, 0.6) is 0 Å². The van der Waals surface area contributed by atoms with Crippen molar-refractivity contribution in [1.82, 2.24) is 0 Å². The Morgan fingerprint density at radius 2 is 1.25 bits per heavy atom. The molecule has 0 unspecified atom stereocenters. The molecule has 0 saturated heterocycles. The fourth-order valence-corrected chi connectivity index (χ4v) is 0. The molecule has 0 spiro atoms. The summed E-state index contributed by atoms with van der Waals surface area (Å²) in [4.78, 5) is 0. The standard InChI is InChI=1S/Bi.H2O2S/c;1-3-2/h;1-2H. The van der Waals surface area contributed by atoms with E-state index in [9.17, 15) is 0 Å². The van der Waals surface area contributed by atoms with Crippen molar-refractivity contribution < 1.29 is 9.11 Å². The van der Waals surface area contributed by atoms with Gasteiger partial charge >= 0.3 is 0 Å². The monoisotopic (exact) mass is 275 g/mol. The second kappa shape index (κ2) is 8.91. The Morgan fingerprint density at radius 3 is 1.25 bits per heavy atom. The summed E-state index contributed by atoms with van der Waals surface area (Å²) >= 11 is -0.250. The molecule has 0 fully saturated rings. The van der Waals surface area contributed by atoms with Gasteiger partial charge in [-0.05, 0) is 0 Å². The maximum Gasteiger partial charge on any atom is 0.152 e. The zero-order valence-electron chi connectivity index (χ0n) is 1.75. The van der Waals surface area contributed by atoms with Gasteiger partial charge in [-0.1, -0.05) is 0 Å². The van der Waals surface area contributed by atoms with Gasteiger partial charge < -0.3 is 9.11 Å². The zero-order valence-corrected chi connectivity index (χ0v) is 6.04. The van der Waals surface area contributed by atoms with Crippen LogP contribution in [0.4, 0.5) is 0 Å². The Morgan fingerprint density at radius 1 is 1.25 bits per heavy atom. The van der Waals surface area contributed by atoms with Crippen LogP contribution in [0.2, 0.25) is 0 Å². The topological polar surface area (TPSA) is 40.5 Å². The smallest absolute Gasteiger partial charge is 0.152 e. The van der Waals surface area contributed by atoms with E-state index in [-0.39, 0.29) is 38.5 Å². The summed E-state index contributed by atoms with van der Waals surface area (Å²) in [6.07, 6.45) is 0. The Hall–Kier alpha value is 1.15. The first-order valence-electron chi connectivity index (χ1n) is 0.365. The molecule has 0 rings (SSSR count). The van der Waals surface area contributed by atoms with Crippen LogP contribution in [0.15, 0.2) is 0 Å². The van der Waals surface area contributed by atoms with Crippen molar-refractivity contribution in [2.24, 2.45) is 0 Å². The van der Waals surface area contributed by atoms with Gasteiger partial charge in [0.15, 0.2) is 12.3 Å². The molecule has 0 aliphatic rings. The molecule has 0 heterocycles. The van der Waals surface area contributed by atoms with Gasteiger partial charge in [0.1, 0.15) is 0 Å². The quantitative estimate of drug-likeness (QED) is 0.493. The Bertz CT molecular complexity index is 6.00. The number of rotatable bonds is 0. The first-order valence-corrected chi connectivity index (χ1v) is 1.10. The molecule has 4 heteroatoms. The SMILES string of the molecule is OSO.[Bi]. The van der Waals surface area contributed by atoms with Crippen molar-refractivity contribution in [3.05, 3.63) is 0 Å². The van der Waals surface area contributed by atoms with Gasteiger partial charge in [-0.2, -0.15) is 0 Å². The van der Waals surface area contributed by atoms with Crippen LogP contribution in [-0.4, -0.2) is 35.3 Å². The van der Waals surface area contributed by atoms with E-state index in [2.05, 4.69) is 0 Å². The summed E-state index contributed by atoms with van der Waals surface area (Å²) in [5, 5.41) is 0. The van der Waals surface area contributed by atoms with E-state index >= 15 is 0 Å². The summed E-state index contributed by atoms with van der Waals surface area (Å²) in [6.45, 7) is 0. The van der Waals surface area contributed by atoms with Gasteiger partial charge in [-0.3, -0.25) is 0 Å². The largest absolute Gasteiger partial charge is 0.307 e. The third-order valence-electron chi connectivity index (χ3n) is 0. The van der Waals surface area contributed by atoms with E-state index in [0.29, 0.717) is 0 Å². The van der Waals surface area contributed by atoms with Gasteiger partial charge in [0.25, 0.3) is 0 Å². The van der Waals surface area contributed by atoms with Gasteiger partial charge in [-0.15, -0.1) is 0 Å². The van der Waals surface area contributed by atoms with Gasteiger partial charge in [0.05, 0.1) is 0 Å². The molecular weight excluding hydrogens is 273 g/mol. The van der Waals surface area contributed by atoms with Crippen molar-refractivity contribution in [1.29, 1.82) is 0 Å². The molecule has 0 aliphatic carbocycles. The van der Waals surface area contributed by atoms with Crippen LogP contribution in [0.3, 0.4) is 0 Å². The molecule has 4 heavy (non-hydrogen) atoms. The van der Waals surface area contributed by atoms with E-state index in [1.807, 2.05) is 0 Å². The van der Waals surface area contributed by atoms with Crippen molar-refractivity contribution in [3.63, 3.8) is 0 Å². The fraction of sp³-hybridized carbons (Fsp3) is 0. The maximum absolute atomic E-state index is 7.04. The molecule has 0 aromatic heterocycles. The molecule has 2 N–H and O–H groups in total. The summed E-state index contributed by atoms with van der Waals surface area (Å²) in [5.41, 5.74) is 0. The van der Waals surface area contributed by atoms with Crippen LogP contribution in [0.25, 0.3) is 0 Å². The Balaban J connectivity index is 0. The maximum atomic E-state index is 7.04. The van der Waals surface area contributed by atoms with Gasteiger partial charge in [0.2, 0.25) is 0 Å². The molecule has 3 radical (unpaired) electrons. The summed E-state index contributed by atoms with van der Waals surface area (Å²) in [5.74, 6) is 0. The van der Waals surface area contributed by atoms with Gasteiger partial charge in [-0.25, -0.2) is 0 Å². The van der Waals surface area contributed by atoms with Crippen LogP contribution in [0.1, 0.15) is 0 Å². The number of hydrogen-bond acceptors (Lipinski definition) is 3. The van der Waals surface area contributed by atoms with Crippen molar-refractivity contribution >= 4 is 38.5 Å². The molecule has 0 bridgehead atoms. The third kappa shape index (κ3) is 11.0. The molecule has 0 aliphatic heterocycles. The van der Waals surface area contributed by atoms with Crippen LogP contribution < -0.4 is 0 Å². The molecular formula is H2BiO2S. The first-order chi connectivity index (χ1) is 1.41. The van der Waals surface area contributed by atoms with E-state index in [0.717, 1.165) is 0 Å². The van der Waals surface area contributed by atoms with Crippen LogP contribution >= 0.6 is 12.3 Å². The second-order valence-electron chi connectivity index (χ2n) is 0.0816. The van der Waals surface area contributed by atoms with E-state index < -0.39 is 0 Å². The molecule has 0 aromatic rings. The average Bonchev–Trinajstić information content (AvgIpc) is 0.918. The Kier molecular flexibility index (Phi) is 19.9. The van der Waals surface area contributed by atoms with Gasteiger partial charge in [0, 0.05) is 26.2 Å². The zero-order chi connectivity index (χ0) is 2.71. The molecule has 0 aromatic carbocycles. The van der Waals surface area contributed by atoms with Crippen LogP contribution in [0, 0.1) is 0 Å². The van der Waals surface area contributed by atoms with Crippen molar-refractivity contribution in [2.75, 3.05) is 0 Å². The van der Waals surface area contributed by atoms with E-state index in [1.165, 1.54) is 0 Å². The summed E-state index contributed by atoms with van der Waals surface area (Å²) < 4.78 is 14.1. The fourth-order valence-electron chi connectivity index (χ4n) is 0. The summed E-state index contributed by atoms with van der Waals surface area (Å²) in [7, 11) is 0. The normalized spacial score (nSPS) is 4.50. The van der Waals surface area contributed by atoms with E-state index in [4.69, 9.17) is 9.11 Å². The van der Waals surface area contributed by atoms with Crippen molar-refractivity contribution in [3.8, 4) is 0 Å².